The topological polar surface area (TPSA) is 72.8 Å². The lowest BCUT2D eigenvalue weighted by atomic mass is 9.95. The Labute approximate surface area is 205 Å². The van der Waals surface area contributed by atoms with Crippen LogP contribution in [0.1, 0.15) is 47.6 Å². The van der Waals surface area contributed by atoms with Crippen molar-refractivity contribution in [1.29, 1.82) is 0 Å². The summed E-state index contributed by atoms with van der Waals surface area (Å²) in [5.41, 5.74) is 5.40. The molecule has 0 unspecified atom stereocenters. The zero-order chi connectivity index (χ0) is 24.0. The van der Waals surface area contributed by atoms with Crippen molar-refractivity contribution in [1.82, 2.24) is 9.91 Å². The van der Waals surface area contributed by atoms with Crippen LogP contribution in [-0.2, 0) is 14.3 Å². The molecule has 2 saturated heterocycles. The largest absolute Gasteiger partial charge is 0.454 e. The van der Waals surface area contributed by atoms with Crippen LogP contribution in [0.5, 0.6) is 11.5 Å². The van der Waals surface area contributed by atoms with Gasteiger partial charge in [-0.05, 0) is 37.1 Å². The lowest BCUT2D eigenvalue weighted by Crippen LogP contribution is -2.48. The second-order valence-corrected chi connectivity index (χ2v) is 9.82. The van der Waals surface area contributed by atoms with E-state index in [-0.39, 0.29) is 18.7 Å². The number of benzene rings is 2. The molecule has 2 fully saturated rings. The SMILES string of the molecule is Cc1ccc(C2=NN(C(=O)CN3CCC4(CC3)OCCO4)[C@H](c3ccc4c(c3)OCO4)C2)c(C)c1. The summed E-state index contributed by atoms with van der Waals surface area (Å²) in [5.74, 6) is 0.999. The molecule has 2 aromatic rings. The van der Waals surface area contributed by atoms with Gasteiger partial charge in [0, 0.05) is 37.9 Å². The molecule has 0 aromatic heterocycles. The zero-order valence-electron chi connectivity index (χ0n) is 20.3. The van der Waals surface area contributed by atoms with Gasteiger partial charge in [-0.1, -0.05) is 29.8 Å². The van der Waals surface area contributed by atoms with E-state index in [1.807, 2.05) is 18.2 Å². The van der Waals surface area contributed by atoms with Crippen LogP contribution in [0.4, 0.5) is 0 Å². The van der Waals surface area contributed by atoms with Gasteiger partial charge in [-0.25, -0.2) is 5.01 Å². The number of ether oxygens (including phenoxy) is 4. The molecule has 1 atom stereocenters. The molecule has 4 heterocycles. The Morgan fingerprint density at radius 2 is 1.80 bits per heavy atom. The van der Waals surface area contributed by atoms with Gasteiger partial charge < -0.3 is 18.9 Å². The Bertz CT molecular complexity index is 1160. The molecule has 35 heavy (non-hydrogen) atoms. The number of carbonyl (C=O) groups is 1. The maximum Gasteiger partial charge on any atom is 0.257 e. The maximum atomic E-state index is 13.6. The highest BCUT2D eigenvalue weighted by molar-refractivity contribution is 6.04. The van der Waals surface area contributed by atoms with Crippen molar-refractivity contribution in [3.05, 3.63) is 58.7 Å². The molecular weight excluding hydrogens is 446 g/mol. The minimum atomic E-state index is -0.448. The first-order valence-electron chi connectivity index (χ1n) is 12.4. The number of rotatable bonds is 4. The molecule has 1 spiro atoms. The quantitative estimate of drug-likeness (QED) is 0.671. The van der Waals surface area contributed by atoms with Gasteiger partial charge in [-0.3, -0.25) is 9.69 Å². The number of aryl methyl sites for hydroxylation is 2. The molecule has 0 radical (unpaired) electrons. The average Bonchev–Trinajstić information content (AvgIpc) is 3.60. The molecule has 0 bridgehead atoms. The van der Waals surface area contributed by atoms with E-state index in [0.717, 1.165) is 48.5 Å². The molecule has 1 amide bonds. The van der Waals surface area contributed by atoms with E-state index in [1.165, 1.54) is 11.1 Å². The van der Waals surface area contributed by atoms with Crippen LogP contribution < -0.4 is 9.47 Å². The van der Waals surface area contributed by atoms with Crippen LogP contribution in [0.2, 0.25) is 0 Å². The number of fused-ring (bicyclic) bond motifs is 1. The smallest absolute Gasteiger partial charge is 0.257 e. The van der Waals surface area contributed by atoms with Crippen LogP contribution >= 0.6 is 0 Å². The Balaban J connectivity index is 1.24. The van der Waals surface area contributed by atoms with Gasteiger partial charge in [0.2, 0.25) is 6.79 Å². The van der Waals surface area contributed by atoms with Crippen molar-refractivity contribution < 1.29 is 23.7 Å². The van der Waals surface area contributed by atoms with Gasteiger partial charge in [0.1, 0.15) is 0 Å². The summed E-state index contributed by atoms with van der Waals surface area (Å²) in [6.07, 6.45) is 2.21. The number of carbonyl (C=O) groups excluding carboxylic acids is 1. The maximum absolute atomic E-state index is 13.6. The molecule has 4 aliphatic heterocycles. The Morgan fingerprint density at radius 3 is 2.57 bits per heavy atom. The van der Waals surface area contributed by atoms with Gasteiger partial charge in [0.05, 0.1) is 31.5 Å². The standard InChI is InChI=1S/C27H31N3O5/c1-18-3-5-21(19(2)13-18)22-15-23(20-4-6-24-25(14-20)33-17-32-24)30(28-22)26(31)16-29-9-7-27(8-10-29)34-11-12-35-27/h3-6,13-14,23H,7-12,15-17H2,1-2H3/t23-/m0/s1. The highest BCUT2D eigenvalue weighted by Gasteiger charge is 2.41. The fraction of sp³-hybridized carbons (Fsp3) is 0.481. The second kappa shape index (κ2) is 8.93. The lowest BCUT2D eigenvalue weighted by Gasteiger charge is -2.37. The first kappa shape index (κ1) is 22.5. The van der Waals surface area contributed by atoms with Crippen molar-refractivity contribution in [2.24, 2.45) is 5.10 Å². The number of hydrogen-bond acceptors (Lipinski definition) is 7. The van der Waals surface area contributed by atoms with E-state index in [4.69, 9.17) is 24.0 Å². The molecule has 8 heteroatoms. The normalized spacial score (nSPS) is 23.2. The van der Waals surface area contributed by atoms with Crippen molar-refractivity contribution >= 4 is 11.6 Å². The number of amides is 1. The summed E-state index contributed by atoms with van der Waals surface area (Å²) in [6, 6.07) is 12.1. The molecule has 0 N–H and O–H groups in total. The van der Waals surface area contributed by atoms with Gasteiger partial charge in [0.15, 0.2) is 17.3 Å². The molecule has 184 valence electrons. The number of piperidine rings is 1. The molecule has 0 aliphatic carbocycles. The van der Waals surface area contributed by atoms with Crippen LogP contribution in [0.3, 0.4) is 0 Å². The zero-order valence-corrected chi connectivity index (χ0v) is 20.3. The Hall–Kier alpha value is -2.94. The fourth-order valence-corrected chi connectivity index (χ4v) is 5.52. The molecule has 0 saturated carbocycles. The van der Waals surface area contributed by atoms with Crippen LogP contribution in [0, 0.1) is 13.8 Å². The van der Waals surface area contributed by atoms with Crippen LogP contribution in [-0.4, -0.2) is 67.0 Å². The number of nitrogens with zero attached hydrogens (tertiary/aromatic N) is 3. The first-order chi connectivity index (χ1) is 17.0. The first-order valence-corrected chi connectivity index (χ1v) is 12.4. The minimum absolute atomic E-state index is 0.00311. The van der Waals surface area contributed by atoms with Gasteiger partial charge in [-0.2, -0.15) is 5.10 Å². The Morgan fingerprint density at radius 1 is 1.03 bits per heavy atom. The second-order valence-electron chi connectivity index (χ2n) is 9.82. The van der Waals surface area contributed by atoms with Crippen LogP contribution in [0.25, 0.3) is 0 Å². The van der Waals surface area contributed by atoms with Crippen molar-refractivity contribution in [3.8, 4) is 11.5 Å². The van der Waals surface area contributed by atoms with E-state index in [2.05, 4.69) is 36.9 Å². The minimum Gasteiger partial charge on any atom is -0.454 e. The highest BCUT2D eigenvalue weighted by atomic mass is 16.7. The summed E-state index contributed by atoms with van der Waals surface area (Å²) < 4.78 is 22.8. The molecular formula is C27H31N3O5. The van der Waals surface area contributed by atoms with Crippen molar-refractivity contribution in [3.63, 3.8) is 0 Å². The number of likely N-dealkylation sites (tertiary alicyclic amines) is 1. The van der Waals surface area contributed by atoms with Crippen molar-refractivity contribution in [2.45, 2.75) is 44.9 Å². The summed E-state index contributed by atoms with van der Waals surface area (Å²) in [7, 11) is 0. The lowest BCUT2D eigenvalue weighted by molar-refractivity contribution is -0.186. The molecule has 8 nitrogen and oxygen atoms in total. The molecule has 6 rings (SSSR count). The monoisotopic (exact) mass is 477 g/mol. The number of hydrazone groups is 1. The average molecular weight is 478 g/mol. The van der Waals surface area contributed by atoms with Crippen LogP contribution in [0.15, 0.2) is 41.5 Å². The van der Waals surface area contributed by atoms with Gasteiger partial charge in [0.25, 0.3) is 5.91 Å². The molecule has 4 aliphatic rings. The summed E-state index contributed by atoms with van der Waals surface area (Å²) in [6.45, 7) is 7.56. The van der Waals surface area contributed by atoms with Crippen molar-refractivity contribution in [2.75, 3.05) is 39.6 Å². The third-order valence-corrected chi connectivity index (χ3v) is 7.43. The summed E-state index contributed by atoms with van der Waals surface area (Å²) in [4.78, 5) is 15.8. The van der Waals surface area contributed by atoms with E-state index >= 15 is 0 Å². The predicted molar refractivity (Wildman–Crippen MR) is 130 cm³/mol. The Kier molecular flexibility index (Phi) is 5.75. The van der Waals surface area contributed by atoms with E-state index in [1.54, 1.807) is 5.01 Å². The third kappa shape index (κ3) is 4.30. The highest BCUT2D eigenvalue weighted by Crippen LogP contribution is 2.40. The number of hydrogen-bond donors (Lipinski definition) is 0. The summed E-state index contributed by atoms with van der Waals surface area (Å²) in [5, 5.41) is 6.57. The third-order valence-electron chi connectivity index (χ3n) is 7.43. The van der Waals surface area contributed by atoms with E-state index in [0.29, 0.717) is 31.9 Å². The summed E-state index contributed by atoms with van der Waals surface area (Å²) >= 11 is 0. The van der Waals surface area contributed by atoms with Gasteiger partial charge >= 0.3 is 0 Å². The predicted octanol–water partition coefficient (Wildman–Crippen LogP) is 3.55. The van der Waals surface area contributed by atoms with Gasteiger partial charge in [-0.15, -0.1) is 0 Å². The van der Waals surface area contributed by atoms with E-state index in [9.17, 15) is 4.79 Å². The molecule has 2 aromatic carbocycles. The van der Waals surface area contributed by atoms with E-state index < -0.39 is 5.79 Å². The fourth-order valence-electron chi connectivity index (χ4n) is 5.52.